The van der Waals surface area contributed by atoms with Gasteiger partial charge in [-0.05, 0) is 96.0 Å². The Morgan fingerprint density at radius 2 is 1.10 bits per heavy atom. The van der Waals surface area contributed by atoms with Crippen LogP contribution in [0.25, 0.3) is 0 Å². The predicted molar refractivity (Wildman–Crippen MR) is 221 cm³/mol. The van der Waals surface area contributed by atoms with Gasteiger partial charge in [0.15, 0.2) is 10.3 Å². The second-order valence-electron chi connectivity index (χ2n) is 14.2. The van der Waals surface area contributed by atoms with E-state index in [4.69, 9.17) is 16.1 Å². The van der Waals surface area contributed by atoms with Crippen molar-refractivity contribution in [1.82, 2.24) is 10.6 Å². The number of aliphatic hydroxyl groups is 1. The van der Waals surface area contributed by atoms with Crippen LogP contribution in [0.1, 0.15) is 98.7 Å². The number of thioether (sulfide) groups is 2. The molecule has 2 aliphatic heterocycles. The smallest absolute Gasteiger partial charge is 0.870 e. The summed E-state index contributed by atoms with van der Waals surface area (Å²) in [6, 6.07) is 27.6. The van der Waals surface area contributed by atoms with E-state index in [2.05, 4.69) is 26.7 Å². The number of hydrogen-bond acceptors (Lipinski definition) is 10. The SMILES string of the molecule is CC(C)(C)O.C[C@H](N=C1NC(=O)C(C)(c2ccc(C#N)cc2)S1)c1ccccc1F.C[C@H](N=C1NC(=O)C(C)(c2ccc(C(N)=O)cc2)S1)c1ccccc1F.[K+].[OH-]. The molecule has 4 atom stereocenters. The first-order chi connectivity index (χ1) is 26.2. The molecule has 4 aromatic rings. The standard InChI is InChI=1S/C19H18FN3O2S.C19H16FN3OS.C4H10O.K.H2O/c1-11(14-5-3-4-6-15(14)20)22-18-23-17(25)19(2,26-18)13-9-7-12(8-10-13)16(21)24;1-12(15-5-3-4-6-16(15)20)22-18-23-17(24)19(2,25-18)14-9-7-13(11-21)8-10-14;1-4(2,3)5;;/h3-11H,1-2H3,(H2,21,24)(H,22,23,25);3-10,12H,1-2H3,(H,22,23,24);5H,1-3H3;;1H2/q;;;+1;/p-1/t11-,19?;12-,19?;;;/m00.../s1. The minimum Gasteiger partial charge on any atom is -0.870 e. The molecule has 0 saturated carbocycles. The Morgan fingerprint density at radius 1 is 0.759 bits per heavy atom. The van der Waals surface area contributed by atoms with E-state index in [1.54, 1.807) is 126 Å². The van der Waals surface area contributed by atoms with Gasteiger partial charge in [0.2, 0.25) is 17.7 Å². The minimum atomic E-state index is -0.885. The van der Waals surface area contributed by atoms with Crippen molar-refractivity contribution in [2.24, 2.45) is 15.7 Å². The number of nitrogens with zero attached hydrogens (tertiary/aromatic N) is 3. The number of nitrogens with one attached hydrogen (secondary N) is 2. The molecule has 0 bridgehead atoms. The molecule has 2 saturated heterocycles. The molecule has 0 aliphatic carbocycles. The molecule has 6 N–H and O–H groups in total. The summed E-state index contributed by atoms with van der Waals surface area (Å²) in [7, 11) is 0. The normalized spacial score (nSPS) is 20.7. The number of halogens is 2. The zero-order chi connectivity index (χ0) is 41.4. The molecule has 300 valence electrons. The average Bonchev–Trinajstić information content (AvgIpc) is 3.60. The molecule has 0 aromatic heterocycles. The predicted octanol–water partition coefficient (Wildman–Crippen LogP) is 4.62. The van der Waals surface area contributed by atoms with Crippen molar-refractivity contribution in [3.8, 4) is 6.07 Å². The maximum atomic E-state index is 13.9. The summed E-state index contributed by atoms with van der Waals surface area (Å²) in [5, 5.41) is 23.9. The van der Waals surface area contributed by atoms with Gasteiger partial charge < -0.3 is 26.9 Å². The number of hydrogen-bond donors (Lipinski definition) is 4. The van der Waals surface area contributed by atoms with Gasteiger partial charge in [-0.25, -0.2) is 8.78 Å². The van der Waals surface area contributed by atoms with Crippen LogP contribution in [0, 0.1) is 23.0 Å². The molecule has 58 heavy (non-hydrogen) atoms. The molecule has 11 nitrogen and oxygen atoms in total. The third kappa shape index (κ3) is 13.1. The van der Waals surface area contributed by atoms with Gasteiger partial charge in [0.1, 0.15) is 21.1 Å². The first-order valence-electron chi connectivity index (χ1n) is 17.5. The number of nitriles is 1. The summed E-state index contributed by atoms with van der Waals surface area (Å²) in [4.78, 5) is 45.2. The molecule has 2 fully saturated rings. The summed E-state index contributed by atoms with van der Waals surface area (Å²) in [6.45, 7) is 12.4. The topological polar surface area (TPSA) is 200 Å². The molecule has 2 aliphatic rings. The summed E-state index contributed by atoms with van der Waals surface area (Å²) < 4.78 is 26.1. The summed E-state index contributed by atoms with van der Waals surface area (Å²) in [5.74, 6) is -1.56. The summed E-state index contributed by atoms with van der Waals surface area (Å²) in [6.07, 6.45) is 0. The Kier molecular flexibility index (Phi) is 18.7. The van der Waals surface area contributed by atoms with E-state index in [1.807, 2.05) is 6.92 Å². The number of primary amides is 1. The van der Waals surface area contributed by atoms with Crippen LogP contribution in [0.4, 0.5) is 8.78 Å². The first-order valence-corrected chi connectivity index (χ1v) is 19.2. The molecule has 2 heterocycles. The Morgan fingerprint density at radius 3 is 1.43 bits per heavy atom. The van der Waals surface area contributed by atoms with E-state index in [-0.39, 0.29) is 80.3 Å². The Bertz CT molecular complexity index is 2190. The number of carbonyl (C=O) groups is 3. The quantitative estimate of drug-likeness (QED) is 0.193. The summed E-state index contributed by atoms with van der Waals surface area (Å²) >= 11 is 2.57. The zero-order valence-electron chi connectivity index (χ0n) is 33.5. The van der Waals surface area contributed by atoms with Gasteiger partial charge in [-0.15, -0.1) is 0 Å². The van der Waals surface area contributed by atoms with Crippen LogP contribution < -0.4 is 67.8 Å². The fraction of sp³-hybridized carbons (Fsp3) is 0.286. The molecule has 6 rings (SSSR count). The molecule has 2 unspecified atom stereocenters. The van der Waals surface area contributed by atoms with E-state index in [0.717, 1.165) is 11.1 Å². The van der Waals surface area contributed by atoms with E-state index < -0.39 is 33.1 Å². The molecule has 4 aromatic carbocycles. The van der Waals surface area contributed by atoms with E-state index in [9.17, 15) is 23.2 Å². The minimum absolute atomic E-state index is 0. The average molecular weight is 855 g/mol. The van der Waals surface area contributed by atoms with Crippen LogP contribution in [0.5, 0.6) is 0 Å². The number of rotatable bonds is 7. The Hall–Kier alpha value is -3.76. The molecule has 0 spiro atoms. The first kappa shape index (κ1) is 50.4. The number of aliphatic imine (C=N–C) groups is 2. The zero-order valence-corrected chi connectivity index (χ0v) is 38.3. The van der Waals surface area contributed by atoms with Crippen LogP contribution in [0.15, 0.2) is 107 Å². The van der Waals surface area contributed by atoms with Crippen molar-refractivity contribution in [1.29, 1.82) is 5.26 Å². The van der Waals surface area contributed by atoms with Crippen LogP contribution in [-0.4, -0.2) is 44.2 Å². The van der Waals surface area contributed by atoms with Crippen molar-refractivity contribution < 1.29 is 85.1 Å². The molecular weight excluding hydrogens is 810 g/mol. The molecule has 3 amide bonds. The Labute approximate surface area is 388 Å². The van der Waals surface area contributed by atoms with Crippen molar-refractivity contribution in [2.45, 2.75) is 75.6 Å². The van der Waals surface area contributed by atoms with Gasteiger partial charge in [-0.3, -0.25) is 24.4 Å². The second-order valence-corrected chi connectivity index (χ2v) is 17.1. The van der Waals surface area contributed by atoms with E-state index in [0.29, 0.717) is 32.6 Å². The molecule has 0 radical (unpaired) electrons. The Balaban J connectivity index is 0.000000348. The molecular formula is C42H45F2KN6O5S2. The van der Waals surface area contributed by atoms with Crippen molar-refractivity contribution in [3.63, 3.8) is 0 Å². The molecule has 16 heteroatoms. The number of amidine groups is 2. The van der Waals surface area contributed by atoms with Crippen LogP contribution in [0.2, 0.25) is 0 Å². The van der Waals surface area contributed by atoms with Crippen molar-refractivity contribution in [3.05, 3.63) is 142 Å². The fourth-order valence-electron chi connectivity index (χ4n) is 5.39. The van der Waals surface area contributed by atoms with E-state index in [1.165, 1.54) is 35.7 Å². The fourth-order valence-corrected chi connectivity index (χ4v) is 7.67. The van der Waals surface area contributed by atoms with Gasteiger partial charge in [0.25, 0.3) is 0 Å². The van der Waals surface area contributed by atoms with Crippen LogP contribution in [-0.2, 0) is 19.1 Å². The maximum Gasteiger partial charge on any atom is 1.00 e. The summed E-state index contributed by atoms with van der Waals surface area (Å²) in [5.41, 5.74) is 8.14. The second kappa shape index (κ2) is 21.5. The maximum absolute atomic E-state index is 13.9. The van der Waals surface area contributed by atoms with Crippen LogP contribution in [0.3, 0.4) is 0 Å². The van der Waals surface area contributed by atoms with Gasteiger partial charge in [0, 0.05) is 16.7 Å². The third-order valence-corrected chi connectivity index (χ3v) is 11.0. The monoisotopic (exact) mass is 854 g/mol. The van der Waals surface area contributed by atoms with Crippen molar-refractivity contribution in [2.75, 3.05) is 0 Å². The van der Waals surface area contributed by atoms with Gasteiger partial charge in [0.05, 0.1) is 29.3 Å². The van der Waals surface area contributed by atoms with Crippen molar-refractivity contribution >= 4 is 51.6 Å². The third-order valence-electron chi connectivity index (χ3n) is 8.53. The van der Waals surface area contributed by atoms with Gasteiger partial charge in [-0.1, -0.05) is 84.2 Å². The number of benzene rings is 4. The van der Waals surface area contributed by atoms with Gasteiger partial charge >= 0.3 is 51.4 Å². The van der Waals surface area contributed by atoms with Gasteiger partial charge in [-0.2, -0.15) is 5.26 Å². The number of nitrogens with two attached hydrogens (primary N) is 1. The van der Waals surface area contributed by atoms with E-state index >= 15 is 0 Å². The van der Waals surface area contributed by atoms with Crippen LogP contribution >= 0.6 is 23.5 Å². The number of amides is 3. The largest absolute Gasteiger partial charge is 1.00 e. The number of carbonyl (C=O) groups excluding carboxylic acids is 3.